The number of hydrogen-bond donors (Lipinski definition) is 0. The fraction of sp³-hybridized carbons (Fsp3) is 0.381. The number of rotatable bonds is 5. The SMILES string of the molecule is Cc1cc(CCC(=O)N2CCC(S(=O)(=O)c3ccc(F)cc3)CC2)ccc1F. The van der Waals surface area contributed by atoms with Crippen LogP contribution in [0.15, 0.2) is 47.4 Å². The van der Waals surface area contributed by atoms with Crippen LogP contribution in [0.5, 0.6) is 0 Å². The maximum absolute atomic E-state index is 13.3. The number of benzene rings is 2. The van der Waals surface area contributed by atoms with Crippen molar-refractivity contribution in [2.24, 2.45) is 0 Å². The molecule has 0 saturated carbocycles. The molecule has 1 aliphatic heterocycles. The number of halogens is 2. The van der Waals surface area contributed by atoms with Gasteiger partial charge in [0.15, 0.2) is 9.84 Å². The summed E-state index contributed by atoms with van der Waals surface area (Å²) in [5, 5.41) is -0.568. The van der Waals surface area contributed by atoms with Crippen molar-refractivity contribution >= 4 is 15.7 Å². The van der Waals surface area contributed by atoms with Crippen molar-refractivity contribution in [3.63, 3.8) is 0 Å². The van der Waals surface area contributed by atoms with Gasteiger partial charge in [0.1, 0.15) is 11.6 Å². The predicted octanol–water partition coefficient (Wildman–Crippen LogP) is 3.67. The van der Waals surface area contributed by atoms with E-state index in [4.69, 9.17) is 0 Å². The Labute approximate surface area is 164 Å². The van der Waals surface area contributed by atoms with Crippen molar-refractivity contribution in [3.8, 4) is 0 Å². The van der Waals surface area contributed by atoms with Gasteiger partial charge in [0.25, 0.3) is 0 Å². The van der Waals surface area contributed by atoms with Gasteiger partial charge in [-0.25, -0.2) is 17.2 Å². The summed E-state index contributed by atoms with van der Waals surface area (Å²) in [5.74, 6) is -0.769. The lowest BCUT2D eigenvalue weighted by Gasteiger charge is -2.32. The standard InChI is InChI=1S/C21H23F2NO3S/c1-15-14-16(2-8-20(15)23)3-9-21(25)24-12-10-19(11-13-24)28(26,27)18-6-4-17(22)5-7-18/h2,4-8,14,19H,3,9-13H2,1H3. The molecule has 0 aliphatic carbocycles. The summed E-state index contributed by atoms with van der Waals surface area (Å²) in [4.78, 5) is 14.3. The lowest BCUT2D eigenvalue weighted by atomic mass is 10.1. The van der Waals surface area contributed by atoms with E-state index in [1.54, 1.807) is 24.0 Å². The summed E-state index contributed by atoms with van der Waals surface area (Å²) in [7, 11) is -3.53. The predicted molar refractivity (Wildman–Crippen MR) is 103 cm³/mol. The van der Waals surface area contributed by atoms with Crippen molar-refractivity contribution < 1.29 is 22.0 Å². The molecule has 0 radical (unpaired) electrons. The molecule has 7 heteroatoms. The lowest BCUT2D eigenvalue weighted by Crippen LogP contribution is -2.42. The number of likely N-dealkylation sites (tertiary alicyclic amines) is 1. The molecule has 1 fully saturated rings. The number of nitrogens with zero attached hydrogens (tertiary/aromatic N) is 1. The smallest absolute Gasteiger partial charge is 0.222 e. The third-order valence-corrected chi connectivity index (χ3v) is 7.50. The van der Waals surface area contributed by atoms with Crippen molar-refractivity contribution in [3.05, 3.63) is 65.2 Å². The van der Waals surface area contributed by atoms with Crippen LogP contribution in [-0.2, 0) is 21.1 Å². The topological polar surface area (TPSA) is 54.5 Å². The van der Waals surface area contributed by atoms with Gasteiger partial charge in [-0.1, -0.05) is 12.1 Å². The number of carbonyl (C=O) groups is 1. The number of carbonyl (C=O) groups excluding carboxylic acids is 1. The van der Waals surface area contributed by atoms with Crippen LogP contribution in [0.3, 0.4) is 0 Å². The second-order valence-electron chi connectivity index (χ2n) is 7.16. The Morgan fingerprint density at radius 1 is 1.07 bits per heavy atom. The molecule has 4 nitrogen and oxygen atoms in total. The van der Waals surface area contributed by atoms with E-state index in [2.05, 4.69) is 0 Å². The number of aryl methyl sites for hydroxylation is 2. The second kappa shape index (κ2) is 8.39. The molecule has 0 aromatic heterocycles. The van der Waals surface area contributed by atoms with Gasteiger partial charge in [-0.15, -0.1) is 0 Å². The van der Waals surface area contributed by atoms with Gasteiger partial charge >= 0.3 is 0 Å². The molecule has 1 amide bonds. The van der Waals surface area contributed by atoms with Crippen molar-refractivity contribution in [2.75, 3.05) is 13.1 Å². The van der Waals surface area contributed by atoms with Crippen LogP contribution in [0.4, 0.5) is 8.78 Å². The van der Waals surface area contributed by atoms with Gasteiger partial charge in [0.05, 0.1) is 10.1 Å². The largest absolute Gasteiger partial charge is 0.343 e. The normalized spacial score (nSPS) is 15.6. The van der Waals surface area contributed by atoms with E-state index >= 15 is 0 Å². The maximum Gasteiger partial charge on any atom is 0.222 e. The zero-order chi connectivity index (χ0) is 20.3. The number of sulfone groups is 1. The van der Waals surface area contributed by atoms with E-state index in [0.717, 1.165) is 17.7 Å². The van der Waals surface area contributed by atoms with E-state index in [-0.39, 0.29) is 16.6 Å². The first-order valence-corrected chi connectivity index (χ1v) is 10.8. The molecule has 28 heavy (non-hydrogen) atoms. The minimum absolute atomic E-state index is 0.0281. The molecule has 0 atom stereocenters. The van der Waals surface area contributed by atoms with Crippen molar-refractivity contribution in [1.82, 2.24) is 4.90 Å². The fourth-order valence-electron chi connectivity index (χ4n) is 3.50. The Morgan fingerprint density at radius 2 is 1.71 bits per heavy atom. The number of hydrogen-bond acceptors (Lipinski definition) is 3. The summed E-state index contributed by atoms with van der Waals surface area (Å²) >= 11 is 0. The third kappa shape index (κ3) is 4.58. The summed E-state index contributed by atoms with van der Waals surface area (Å²) in [5.41, 5.74) is 1.46. The number of amides is 1. The molecule has 0 N–H and O–H groups in total. The van der Waals surface area contributed by atoms with Crippen molar-refractivity contribution in [2.45, 2.75) is 42.8 Å². The van der Waals surface area contributed by atoms with Crippen molar-refractivity contribution in [1.29, 1.82) is 0 Å². The highest BCUT2D eigenvalue weighted by molar-refractivity contribution is 7.92. The third-order valence-electron chi connectivity index (χ3n) is 5.23. The molecule has 2 aromatic rings. The van der Waals surface area contributed by atoms with Crippen LogP contribution in [0, 0.1) is 18.6 Å². The summed E-state index contributed by atoms with van der Waals surface area (Å²) < 4.78 is 51.7. The van der Waals surface area contributed by atoms with Crippen LogP contribution in [0.1, 0.15) is 30.4 Å². The van der Waals surface area contributed by atoms with Gasteiger partial charge in [0.2, 0.25) is 5.91 Å². The van der Waals surface area contributed by atoms with Crippen LogP contribution in [0.25, 0.3) is 0 Å². The highest BCUT2D eigenvalue weighted by Gasteiger charge is 2.32. The van der Waals surface area contributed by atoms with E-state index in [1.165, 1.54) is 18.2 Å². The van der Waals surface area contributed by atoms with Crippen LogP contribution in [-0.4, -0.2) is 37.6 Å². The molecular weight excluding hydrogens is 384 g/mol. The molecule has 150 valence electrons. The Bertz CT molecular complexity index is 950. The van der Waals surface area contributed by atoms with E-state index < -0.39 is 20.9 Å². The molecular formula is C21H23F2NO3S. The van der Waals surface area contributed by atoms with Gasteiger partial charge in [-0.05, 0) is 67.6 Å². The Morgan fingerprint density at radius 3 is 2.32 bits per heavy atom. The average molecular weight is 407 g/mol. The summed E-state index contributed by atoms with van der Waals surface area (Å²) in [6, 6.07) is 9.67. The highest BCUT2D eigenvalue weighted by atomic mass is 32.2. The molecule has 0 unspecified atom stereocenters. The molecule has 1 saturated heterocycles. The first kappa shape index (κ1) is 20.5. The van der Waals surface area contributed by atoms with Gasteiger partial charge in [0, 0.05) is 19.5 Å². The van der Waals surface area contributed by atoms with Crippen LogP contribution in [0.2, 0.25) is 0 Å². The zero-order valence-corrected chi connectivity index (χ0v) is 16.5. The van der Waals surface area contributed by atoms with E-state index in [1.807, 2.05) is 0 Å². The first-order valence-electron chi connectivity index (χ1n) is 9.29. The second-order valence-corrected chi connectivity index (χ2v) is 9.39. The summed E-state index contributed by atoms with van der Waals surface area (Å²) in [6.45, 7) is 2.45. The summed E-state index contributed by atoms with van der Waals surface area (Å²) in [6.07, 6.45) is 1.55. The number of piperidine rings is 1. The molecule has 1 heterocycles. The Hall–Kier alpha value is -2.28. The van der Waals surface area contributed by atoms with E-state index in [9.17, 15) is 22.0 Å². The van der Waals surface area contributed by atoms with Crippen LogP contribution >= 0.6 is 0 Å². The maximum atomic E-state index is 13.3. The molecule has 0 bridgehead atoms. The highest BCUT2D eigenvalue weighted by Crippen LogP contribution is 2.25. The minimum atomic E-state index is -3.53. The zero-order valence-electron chi connectivity index (χ0n) is 15.7. The van der Waals surface area contributed by atoms with E-state index in [0.29, 0.717) is 44.3 Å². The fourth-order valence-corrected chi connectivity index (χ4v) is 5.24. The Kier molecular flexibility index (Phi) is 6.13. The van der Waals surface area contributed by atoms with Crippen LogP contribution < -0.4 is 0 Å². The molecule has 1 aliphatic rings. The quantitative estimate of drug-likeness (QED) is 0.711. The molecule has 0 spiro atoms. The minimum Gasteiger partial charge on any atom is -0.343 e. The average Bonchev–Trinajstić information content (AvgIpc) is 2.69. The lowest BCUT2D eigenvalue weighted by molar-refractivity contribution is -0.132. The van der Waals surface area contributed by atoms with Gasteiger partial charge in [-0.2, -0.15) is 0 Å². The first-order chi connectivity index (χ1) is 13.3. The van der Waals surface area contributed by atoms with Gasteiger partial charge in [-0.3, -0.25) is 4.79 Å². The monoisotopic (exact) mass is 407 g/mol. The van der Waals surface area contributed by atoms with Gasteiger partial charge < -0.3 is 4.90 Å². The Balaban J connectivity index is 1.55. The molecule has 2 aromatic carbocycles. The molecule has 3 rings (SSSR count).